The van der Waals surface area contributed by atoms with Gasteiger partial charge in [-0.15, -0.1) is 0 Å². The van der Waals surface area contributed by atoms with E-state index in [2.05, 4.69) is 10.3 Å². The lowest BCUT2D eigenvalue weighted by Gasteiger charge is -2.15. The number of aliphatic hydroxyl groups is 1. The van der Waals surface area contributed by atoms with Gasteiger partial charge in [-0.1, -0.05) is 42.5 Å². The van der Waals surface area contributed by atoms with Crippen molar-refractivity contribution in [1.82, 2.24) is 10.3 Å². The van der Waals surface area contributed by atoms with Crippen molar-refractivity contribution in [2.24, 2.45) is 0 Å². The highest BCUT2D eigenvalue weighted by molar-refractivity contribution is 6.05. The van der Waals surface area contributed by atoms with E-state index in [1.165, 1.54) is 0 Å². The summed E-state index contributed by atoms with van der Waals surface area (Å²) in [5.41, 5.74) is 2.47. The number of hydrogen-bond donors (Lipinski definition) is 3. The smallest absolute Gasteiger partial charge is 0.253 e. The third-order valence-corrected chi connectivity index (χ3v) is 3.83. The normalized spacial score (nSPS) is 12.2. The van der Waals surface area contributed by atoms with Crippen LogP contribution in [0.3, 0.4) is 0 Å². The number of benzene rings is 2. The van der Waals surface area contributed by atoms with Gasteiger partial charge in [0, 0.05) is 24.0 Å². The monoisotopic (exact) mass is 294 g/mol. The maximum absolute atomic E-state index is 12.4. The van der Waals surface area contributed by atoms with E-state index in [0.29, 0.717) is 12.1 Å². The molecular weight excluding hydrogens is 276 g/mol. The summed E-state index contributed by atoms with van der Waals surface area (Å²) in [6.45, 7) is 0.396. The molecule has 0 aliphatic carbocycles. The molecule has 3 aromatic rings. The van der Waals surface area contributed by atoms with Gasteiger partial charge in [-0.3, -0.25) is 4.79 Å². The van der Waals surface area contributed by atoms with Crippen molar-refractivity contribution in [2.45, 2.75) is 5.92 Å². The van der Waals surface area contributed by atoms with Gasteiger partial charge >= 0.3 is 0 Å². The minimum absolute atomic E-state index is 0.00298. The summed E-state index contributed by atoms with van der Waals surface area (Å²) in [7, 11) is 0. The first-order valence-corrected chi connectivity index (χ1v) is 7.29. The SMILES string of the molecule is O=C(NCC(CO)c1ccccc1)c1cccc2cc[nH]c12. The Balaban J connectivity index is 1.73. The molecule has 4 heteroatoms. The Bertz CT molecular complexity index is 765. The summed E-state index contributed by atoms with van der Waals surface area (Å²) in [6.07, 6.45) is 1.82. The zero-order chi connectivity index (χ0) is 15.4. The van der Waals surface area contributed by atoms with Crippen molar-refractivity contribution < 1.29 is 9.90 Å². The van der Waals surface area contributed by atoms with Crippen molar-refractivity contribution in [3.8, 4) is 0 Å². The van der Waals surface area contributed by atoms with Crippen LogP contribution in [-0.4, -0.2) is 29.1 Å². The van der Waals surface area contributed by atoms with E-state index >= 15 is 0 Å². The fourth-order valence-electron chi connectivity index (χ4n) is 2.60. The first-order chi connectivity index (χ1) is 10.8. The third kappa shape index (κ3) is 2.87. The minimum atomic E-state index is -0.137. The van der Waals surface area contributed by atoms with Gasteiger partial charge < -0.3 is 15.4 Å². The second-order valence-electron chi connectivity index (χ2n) is 5.25. The van der Waals surface area contributed by atoms with Gasteiger partial charge in [-0.25, -0.2) is 0 Å². The van der Waals surface area contributed by atoms with Crippen LogP contribution in [0.5, 0.6) is 0 Å². The predicted octanol–water partition coefficient (Wildman–Crippen LogP) is 2.67. The van der Waals surface area contributed by atoms with Crippen LogP contribution in [0, 0.1) is 0 Å². The maximum Gasteiger partial charge on any atom is 0.253 e. The van der Waals surface area contributed by atoms with Crippen LogP contribution in [0.15, 0.2) is 60.8 Å². The molecular formula is C18H18N2O2. The number of carbonyl (C=O) groups is 1. The summed E-state index contributed by atoms with van der Waals surface area (Å²) in [5.74, 6) is -0.240. The Morgan fingerprint density at radius 1 is 1.09 bits per heavy atom. The average molecular weight is 294 g/mol. The fraction of sp³-hybridized carbons (Fsp3) is 0.167. The Morgan fingerprint density at radius 2 is 1.91 bits per heavy atom. The van der Waals surface area contributed by atoms with Gasteiger partial charge in [0.25, 0.3) is 5.91 Å². The Labute approximate surface area is 128 Å². The molecule has 0 spiro atoms. The fourth-order valence-corrected chi connectivity index (χ4v) is 2.60. The van der Waals surface area contributed by atoms with Crippen LogP contribution >= 0.6 is 0 Å². The number of H-pyrrole nitrogens is 1. The number of rotatable bonds is 5. The van der Waals surface area contributed by atoms with Crippen LogP contribution in [0.1, 0.15) is 21.8 Å². The maximum atomic E-state index is 12.4. The molecule has 1 heterocycles. The molecule has 0 fully saturated rings. The standard InChI is InChI=1S/C18H18N2O2/c21-12-15(13-5-2-1-3-6-13)11-20-18(22)16-8-4-7-14-9-10-19-17(14)16/h1-10,15,19,21H,11-12H2,(H,20,22). The van der Waals surface area contributed by atoms with Crippen molar-refractivity contribution in [3.63, 3.8) is 0 Å². The summed E-state index contributed by atoms with van der Waals surface area (Å²) in [6, 6.07) is 17.3. The average Bonchev–Trinajstić information content (AvgIpc) is 3.04. The third-order valence-electron chi connectivity index (χ3n) is 3.83. The molecule has 0 saturated heterocycles. The molecule has 2 aromatic carbocycles. The van der Waals surface area contributed by atoms with Gasteiger partial charge in [0.15, 0.2) is 0 Å². The summed E-state index contributed by atoms with van der Waals surface area (Å²) in [5, 5.41) is 13.5. The number of hydrogen-bond acceptors (Lipinski definition) is 2. The molecule has 1 unspecified atom stereocenters. The van der Waals surface area contributed by atoms with E-state index in [1.54, 1.807) is 6.07 Å². The number of aliphatic hydroxyl groups excluding tert-OH is 1. The Kier molecular flexibility index (Phi) is 4.21. The van der Waals surface area contributed by atoms with Crippen molar-refractivity contribution in [2.75, 3.05) is 13.2 Å². The molecule has 22 heavy (non-hydrogen) atoms. The predicted molar refractivity (Wildman–Crippen MR) is 86.9 cm³/mol. The largest absolute Gasteiger partial charge is 0.396 e. The van der Waals surface area contributed by atoms with Gasteiger partial charge in [0.2, 0.25) is 0 Å². The molecule has 3 rings (SSSR count). The van der Waals surface area contributed by atoms with Crippen molar-refractivity contribution in [1.29, 1.82) is 0 Å². The Hall–Kier alpha value is -2.59. The highest BCUT2D eigenvalue weighted by Crippen LogP contribution is 2.18. The second-order valence-corrected chi connectivity index (χ2v) is 5.25. The van der Waals surface area contributed by atoms with E-state index in [4.69, 9.17) is 0 Å². The zero-order valence-corrected chi connectivity index (χ0v) is 12.1. The van der Waals surface area contributed by atoms with E-state index in [1.807, 2.05) is 54.7 Å². The van der Waals surface area contributed by atoms with Gasteiger partial charge in [0.05, 0.1) is 17.7 Å². The van der Waals surface area contributed by atoms with Gasteiger partial charge in [-0.05, 0) is 17.7 Å². The van der Waals surface area contributed by atoms with Crippen LogP contribution in [0.25, 0.3) is 10.9 Å². The quantitative estimate of drug-likeness (QED) is 0.677. The highest BCUT2D eigenvalue weighted by atomic mass is 16.3. The lowest BCUT2D eigenvalue weighted by atomic mass is 10.00. The Morgan fingerprint density at radius 3 is 2.68 bits per heavy atom. The molecule has 0 saturated carbocycles. The summed E-state index contributed by atoms with van der Waals surface area (Å²) in [4.78, 5) is 15.5. The summed E-state index contributed by atoms with van der Waals surface area (Å²) >= 11 is 0. The van der Waals surface area contributed by atoms with Gasteiger partial charge in [-0.2, -0.15) is 0 Å². The lowest BCUT2D eigenvalue weighted by Crippen LogP contribution is -2.30. The number of carbonyl (C=O) groups excluding carboxylic acids is 1. The van der Waals surface area contributed by atoms with Crippen molar-refractivity contribution >= 4 is 16.8 Å². The molecule has 1 atom stereocenters. The zero-order valence-electron chi connectivity index (χ0n) is 12.1. The molecule has 0 aliphatic rings. The van der Waals surface area contributed by atoms with E-state index in [9.17, 15) is 9.90 Å². The second kappa shape index (κ2) is 6.45. The molecule has 4 nitrogen and oxygen atoms in total. The molecule has 1 amide bonds. The van der Waals surface area contributed by atoms with Crippen LogP contribution in [-0.2, 0) is 0 Å². The van der Waals surface area contributed by atoms with Crippen molar-refractivity contribution in [3.05, 3.63) is 71.9 Å². The number of aromatic nitrogens is 1. The van der Waals surface area contributed by atoms with Crippen LogP contribution in [0.2, 0.25) is 0 Å². The first-order valence-electron chi connectivity index (χ1n) is 7.29. The number of aromatic amines is 1. The first kappa shape index (κ1) is 14.4. The number of fused-ring (bicyclic) bond motifs is 1. The number of amides is 1. The summed E-state index contributed by atoms with van der Waals surface area (Å²) < 4.78 is 0. The van der Waals surface area contributed by atoms with Gasteiger partial charge in [0.1, 0.15) is 0 Å². The van der Waals surface area contributed by atoms with Crippen LogP contribution in [0.4, 0.5) is 0 Å². The molecule has 0 radical (unpaired) electrons. The molecule has 112 valence electrons. The number of para-hydroxylation sites is 1. The molecule has 0 bridgehead atoms. The minimum Gasteiger partial charge on any atom is -0.396 e. The molecule has 0 aliphatic heterocycles. The molecule has 1 aromatic heterocycles. The topological polar surface area (TPSA) is 65.1 Å². The number of nitrogens with one attached hydrogen (secondary N) is 2. The van der Waals surface area contributed by atoms with E-state index in [-0.39, 0.29) is 18.4 Å². The molecule has 3 N–H and O–H groups in total. The van der Waals surface area contributed by atoms with Crippen LogP contribution < -0.4 is 5.32 Å². The lowest BCUT2D eigenvalue weighted by molar-refractivity contribution is 0.0949. The van der Waals surface area contributed by atoms with E-state index in [0.717, 1.165) is 16.5 Å². The highest BCUT2D eigenvalue weighted by Gasteiger charge is 2.14. The van der Waals surface area contributed by atoms with E-state index < -0.39 is 0 Å².